The number of ether oxygens (including phenoxy) is 2. The van der Waals surface area contributed by atoms with E-state index < -0.39 is 81.3 Å². The average molecular weight is 618 g/mol. The molecular formula is C24H26F7N3O6S. The minimum Gasteiger partial charge on any atom is -0.489 e. The lowest BCUT2D eigenvalue weighted by molar-refractivity contribution is -0.243. The molecule has 0 radical (unpaired) electrons. The van der Waals surface area contributed by atoms with Crippen molar-refractivity contribution in [3.63, 3.8) is 0 Å². The standard InChI is InChI=1S/C24H26F7N3O6S/c1-13(35)32-19(23(26,27)28)17-12-34(41(37,38)16-8-5-14(25)6-9-16)22(4)11-15(7-10-18(22)39-17)33-20(36)40-21(2,3)24(29,30)31/h5-10,17,19H,11-12H2,1-4H3,(H,32,35)(H,33,36)/t17-,19-,22?/m0/s1. The zero-order valence-corrected chi connectivity index (χ0v) is 22.8. The number of amides is 2. The Kier molecular flexibility index (Phi) is 8.49. The number of rotatable bonds is 6. The summed E-state index contributed by atoms with van der Waals surface area (Å²) in [7, 11) is -4.70. The molecule has 1 aliphatic carbocycles. The van der Waals surface area contributed by atoms with Crippen LogP contribution in [0.3, 0.4) is 0 Å². The molecule has 1 heterocycles. The second-order valence-corrected chi connectivity index (χ2v) is 11.9. The van der Waals surface area contributed by atoms with Crippen molar-refractivity contribution in [2.45, 2.75) is 74.6 Å². The van der Waals surface area contributed by atoms with Gasteiger partial charge in [0.25, 0.3) is 0 Å². The fraction of sp³-hybridized carbons (Fsp3) is 0.500. The maximum absolute atomic E-state index is 13.9. The van der Waals surface area contributed by atoms with Gasteiger partial charge in [-0.2, -0.15) is 30.6 Å². The molecule has 1 aromatic carbocycles. The van der Waals surface area contributed by atoms with Crippen LogP contribution in [0.5, 0.6) is 0 Å². The van der Waals surface area contributed by atoms with Gasteiger partial charge in [-0.3, -0.25) is 10.1 Å². The molecule has 0 saturated carbocycles. The molecule has 1 unspecified atom stereocenters. The molecule has 3 atom stereocenters. The Bertz CT molecular complexity index is 1360. The molecule has 0 spiro atoms. The number of nitrogens with zero attached hydrogens (tertiary/aromatic N) is 1. The summed E-state index contributed by atoms with van der Waals surface area (Å²) < 4.78 is 133. The monoisotopic (exact) mass is 617 g/mol. The van der Waals surface area contributed by atoms with Gasteiger partial charge in [-0.1, -0.05) is 0 Å². The smallest absolute Gasteiger partial charge is 0.427 e. The van der Waals surface area contributed by atoms with Crippen molar-refractivity contribution in [2.75, 3.05) is 6.54 Å². The van der Waals surface area contributed by atoms with Gasteiger partial charge >= 0.3 is 18.4 Å². The third-order valence-electron chi connectivity index (χ3n) is 6.45. The van der Waals surface area contributed by atoms with E-state index in [1.165, 1.54) is 6.92 Å². The molecule has 2 aliphatic rings. The Morgan fingerprint density at radius 1 is 1.10 bits per heavy atom. The first-order valence-electron chi connectivity index (χ1n) is 11.8. The van der Waals surface area contributed by atoms with Crippen LogP contribution in [0, 0.1) is 5.82 Å². The number of carbonyl (C=O) groups excluding carboxylic acids is 2. The molecule has 1 saturated heterocycles. The maximum Gasteiger partial charge on any atom is 0.427 e. The number of nitrogens with one attached hydrogen (secondary N) is 2. The van der Waals surface area contributed by atoms with Crippen LogP contribution in [-0.4, -0.2) is 66.9 Å². The number of alkyl halides is 6. The molecule has 1 aromatic rings. The highest BCUT2D eigenvalue weighted by molar-refractivity contribution is 7.89. The zero-order chi connectivity index (χ0) is 31.2. The molecule has 1 fully saturated rings. The summed E-state index contributed by atoms with van der Waals surface area (Å²) in [4.78, 5) is 23.3. The minimum absolute atomic E-state index is 0.144. The summed E-state index contributed by atoms with van der Waals surface area (Å²) in [5.74, 6) is -2.17. The van der Waals surface area contributed by atoms with Gasteiger partial charge in [-0.25, -0.2) is 17.6 Å². The summed E-state index contributed by atoms with van der Waals surface area (Å²) in [6, 6.07) is 0.800. The van der Waals surface area contributed by atoms with E-state index in [0.717, 1.165) is 43.3 Å². The van der Waals surface area contributed by atoms with E-state index in [1.54, 1.807) is 5.32 Å². The highest BCUT2D eigenvalue weighted by Crippen LogP contribution is 2.44. The Hall–Kier alpha value is -3.34. The fourth-order valence-electron chi connectivity index (χ4n) is 4.22. The summed E-state index contributed by atoms with van der Waals surface area (Å²) >= 11 is 0. The summed E-state index contributed by atoms with van der Waals surface area (Å²) in [6.45, 7) is 2.35. The third kappa shape index (κ3) is 6.77. The van der Waals surface area contributed by atoms with E-state index in [-0.39, 0.29) is 11.5 Å². The molecule has 17 heteroatoms. The van der Waals surface area contributed by atoms with Crippen molar-refractivity contribution in [3.8, 4) is 0 Å². The summed E-state index contributed by atoms with van der Waals surface area (Å²) in [5.41, 5.74) is -4.85. The van der Waals surface area contributed by atoms with Crippen molar-refractivity contribution in [3.05, 3.63) is 53.7 Å². The van der Waals surface area contributed by atoms with Crippen molar-refractivity contribution < 1.29 is 58.2 Å². The number of morpholine rings is 1. The molecular weight excluding hydrogens is 591 g/mol. The van der Waals surface area contributed by atoms with Crippen molar-refractivity contribution in [1.82, 2.24) is 14.9 Å². The van der Waals surface area contributed by atoms with E-state index in [1.807, 2.05) is 0 Å². The zero-order valence-electron chi connectivity index (χ0n) is 22.0. The predicted molar refractivity (Wildman–Crippen MR) is 128 cm³/mol. The van der Waals surface area contributed by atoms with Gasteiger partial charge in [0.15, 0.2) is 6.04 Å². The van der Waals surface area contributed by atoms with E-state index in [0.29, 0.717) is 18.2 Å². The largest absolute Gasteiger partial charge is 0.489 e. The lowest BCUT2D eigenvalue weighted by Gasteiger charge is -2.50. The topological polar surface area (TPSA) is 114 Å². The van der Waals surface area contributed by atoms with Gasteiger partial charge in [0.1, 0.15) is 17.7 Å². The quantitative estimate of drug-likeness (QED) is 0.461. The molecule has 41 heavy (non-hydrogen) atoms. The number of hydrogen-bond acceptors (Lipinski definition) is 6. The van der Waals surface area contributed by atoms with Crippen LogP contribution in [-0.2, 0) is 24.3 Å². The first-order valence-corrected chi connectivity index (χ1v) is 13.3. The first-order chi connectivity index (χ1) is 18.6. The number of carbonyl (C=O) groups is 2. The van der Waals surface area contributed by atoms with Crippen LogP contribution in [0.15, 0.2) is 52.8 Å². The van der Waals surface area contributed by atoms with Crippen LogP contribution in [0.1, 0.15) is 34.1 Å². The number of alkyl carbamates (subject to hydrolysis) is 1. The number of benzene rings is 1. The van der Waals surface area contributed by atoms with Gasteiger partial charge in [-0.05, 0) is 57.2 Å². The lowest BCUT2D eigenvalue weighted by Crippen LogP contribution is -2.65. The Balaban J connectivity index is 2.05. The third-order valence-corrected chi connectivity index (χ3v) is 8.45. The maximum atomic E-state index is 13.9. The molecule has 9 nitrogen and oxygen atoms in total. The molecule has 2 N–H and O–H groups in total. The number of halogens is 7. The SMILES string of the molecule is CC(=O)N[C@@H]([C@@H]1CN(S(=O)(=O)c2ccc(F)cc2)C2(C)CC(NC(=O)OC(C)(C)C(F)(F)F)=CC=C2O1)C(F)(F)F. The van der Waals surface area contributed by atoms with Crippen LogP contribution in [0.4, 0.5) is 35.5 Å². The minimum atomic E-state index is -5.07. The molecule has 0 aromatic heterocycles. The Labute approximate surface area is 230 Å². The van der Waals surface area contributed by atoms with Gasteiger partial charge in [-0.15, -0.1) is 0 Å². The van der Waals surface area contributed by atoms with E-state index in [2.05, 4.69) is 10.1 Å². The summed E-state index contributed by atoms with van der Waals surface area (Å²) in [6.07, 6.45) is -11.8. The fourth-order valence-corrected chi connectivity index (χ4v) is 5.99. The van der Waals surface area contributed by atoms with Crippen LogP contribution in [0.2, 0.25) is 0 Å². The summed E-state index contributed by atoms with van der Waals surface area (Å²) in [5, 5.41) is 3.82. The average Bonchev–Trinajstić information content (AvgIpc) is 2.80. The Morgan fingerprint density at radius 2 is 1.68 bits per heavy atom. The van der Waals surface area contributed by atoms with Gasteiger partial charge < -0.3 is 14.8 Å². The van der Waals surface area contributed by atoms with E-state index in [9.17, 15) is 48.7 Å². The van der Waals surface area contributed by atoms with Gasteiger partial charge in [0, 0.05) is 19.0 Å². The molecule has 0 bridgehead atoms. The number of hydrogen-bond donors (Lipinski definition) is 2. The molecule has 2 amide bonds. The van der Waals surface area contributed by atoms with Gasteiger partial charge in [0.2, 0.25) is 21.5 Å². The normalized spacial score (nSPS) is 22.9. The van der Waals surface area contributed by atoms with E-state index >= 15 is 0 Å². The first kappa shape index (κ1) is 32.2. The van der Waals surface area contributed by atoms with Crippen molar-refractivity contribution >= 4 is 22.0 Å². The van der Waals surface area contributed by atoms with Crippen LogP contribution in [0.25, 0.3) is 0 Å². The van der Waals surface area contributed by atoms with Crippen LogP contribution < -0.4 is 10.6 Å². The Morgan fingerprint density at radius 3 is 2.20 bits per heavy atom. The highest BCUT2D eigenvalue weighted by atomic mass is 32.2. The second-order valence-electron chi connectivity index (χ2n) is 10.1. The lowest BCUT2D eigenvalue weighted by atomic mass is 9.86. The second kappa shape index (κ2) is 10.8. The highest BCUT2D eigenvalue weighted by Gasteiger charge is 2.57. The van der Waals surface area contributed by atoms with Crippen molar-refractivity contribution in [2.24, 2.45) is 0 Å². The molecule has 228 valence electrons. The van der Waals surface area contributed by atoms with Crippen molar-refractivity contribution in [1.29, 1.82) is 0 Å². The number of sulfonamides is 1. The van der Waals surface area contributed by atoms with Gasteiger partial charge in [0.05, 0.1) is 17.0 Å². The number of fused-ring (bicyclic) bond motifs is 1. The molecule has 1 aliphatic heterocycles. The molecule has 3 rings (SSSR count). The predicted octanol–water partition coefficient (Wildman–Crippen LogP) is 4.28. The van der Waals surface area contributed by atoms with Crippen LogP contribution >= 0.6 is 0 Å². The van der Waals surface area contributed by atoms with E-state index in [4.69, 9.17) is 4.74 Å². The number of allylic oxidation sites excluding steroid dienone is 2.